The maximum atomic E-state index is 11.9. The van der Waals surface area contributed by atoms with E-state index < -0.39 is 0 Å². The van der Waals surface area contributed by atoms with Gasteiger partial charge in [0.2, 0.25) is 0 Å². The average Bonchev–Trinajstić information content (AvgIpc) is 2.86. The van der Waals surface area contributed by atoms with E-state index in [4.69, 9.17) is 0 Å². The van der Waals surface area contributed by atoms with Gasteiger partial charge >= 0.3 is 0 Å². The summed E-state index contributed by atoms with van der Waals surface area (Å²) in [6.07, 6.45) is 3.36. The first-order valence-electron chi connectivity index (χ1n) is 14.6. The van der Waals surface area contributed by atoms with Gasteiger partial charge in [-0.2, -0.15) is 0 Å². The van der Waals surface area contributed by atoms with Crippen LogP contribution in [0.5, 0.6) is 17.2 Å². The second-order valence-corrected chi connectivity index (χ2v) is 14.6. The molecular weight excluding hydrogens is 504 g/mol. The maximum absolute atomic E-state index is 11.9. The Morgan fingerprint density at radius 1 is 0.488 bits per heavy atom. The lowest BCUT2D eigenvalue weighted by Crippen LogP contribution is -2.16. The van der Waals surface area contributed by atoms with Crippen LogP contribution in [0.4, 0.5) is 0 Å². The molecule has 3 aromatic rings. The van der Waals surface area contributed by atoms with Gasteiger partial charge in [0.05, 0.1) is 0 Å². The molecule has 41 heavy (non-hydrogen) atoms. The van der Waals surface area contributed by atoms with Crippen LogP contribution in [0.15, 0.2) is 49.6 Å². The molecule has 2 atom stereocenters. The molecule has 0 saturated heterocycles. The highest BCUT2D eigenvalue weighted by molar-refractivity contribution is 5.65. The first-order chi connectivity index (χ1) is 18.7. The van der Waals surface area contributed by atoms with Crippen LogP contribution in [0.25, 0.3) is 12.2 Å². The van der Waals surface area contributed by atoms with Gasteiger partial charge in [-0.15, -0.1) is 0 Å². The van der Waals surface area contributed by atoms with E-state index in [9.17, 15) is 15.3 Å². The minimum Gasteiger partial charge on any atom is -0.507 e. The summed E-state index contributed by atoms with van der Waals surface area (Å²) < 4.78 is 0. The molecule has 0 aliphatic rings. The van der Waals surface area contributed by atoms with E-state index in [0.717, 1.165) is 38.9 Å². The van der Waals surface area contributed by atoms with Crippen molar-refractivity contribution < 1.29 is 15.3 Å². The van der Waals surface area contributed by atoms with Gasteiger partial charge in [-0.3, -0.25) is 0 Å². The van der Waals surface area contributed by atoms with E-state index in [1.54, 1.807) is 12.2 Å². The van der Waals surface area contributed by atoms with Crippen LogP contribution >= 0.6 is 0 Å². The largest absolute Gasteiger partial charge is 0.507 e. The molecule has 2 unspecified atom stereocenters. The molecule has 0 saturated carbocycles. The molecule has 0 spiro atoms. The molecule has 0 aliphatic heterocycles. The van der Waals surface area contributed by atoms with Crippen molar-refractivity contribution >= 4 is 12.2 Å². The number of benzene rings is 3. The van der Waals surface area contributed by atoms with E-state index in [-0.39, 0.29) is 45.3 Å². The zero-order chi connectivity index (χ0) is 31.2. The Labute approximate surface area is 248 Å². The van der Waals surface area contributed by atoms with Crippen LogP contribution in [0, 0.1) is 0 Å². The third-order valence-electron chi connectivity index (χ3n) is 8.41. The Balaban J connectivity index is 2.35. The van der Waals surface area contributed by atoms with Crippen LogP contribution in [-0.4, -0.2) is 15.3 Å². The third kappa shape index (κ3) is 6.40. The fourth-order valence-electron chi connectivity index (χ4n) is 5.31. The van der Waals surface area contributed by atoms with E-state index >= 15 is 0 Å². The summed E-state index contributed by atoms with van der Waals surface area (Å²) in [4.78, 5) is 0. The zero-order valence-corrected chi connectivity index (χ0v) is 27.0. The van der Waals surface area contributed by atoms with Crippen LogP contribution in [-0.2, 0) is 16.2 Å². The molecule has 3 nitrogen and oxygen atoms in total. The summed E-state index contributed by atoms with van der Waals surface area (Å²) in [6, 6.07) is 12.2. The highest BCUT2D eigenvalue weighted by Gasteiger charge is 2.29. The van der Waals surface area contributed by atoms with E-state index in [1.807, 2.05) is 38.1 Å². The summed E-state index contributed by atoms with van der Waals surface area (Å²) in [5.74, 6) is -0.0620. The Hall–Kier alpha value is -3.46. The monoisotopic (exact) mass is 554 g/mol. The Morgan fingerprint density at radius 2 is 0.732 bits per heavy atom. The first-order valence-corrected chi connectivity index (χ1v) is 14.6. The standard InChI is InChI=1S/C38H50O3/c1-14-24-16-26(36(5,6)7)18-29(33(24)39)22(3)31-20-28(38(11,12)13)21-32(35(31)41)23(4)30-19-27(37(8,9)10)17-25(15-2)34(30)40/h14-23,39-41H,1-2H2,3-13H3. The predicted molar refractivity (Wildman–Crippen MR) is 176 cm³/mol. The van der Waals surface area contributed by atoms with Crippen molar-refractivity contribution in [1.82, 2.24) is 0 Å². The van der Waals surface area contributed by atoms with Crippen LogP contribution in [0.2, 0.25) is 0 Å². The lowest BCUT2D eigenvalue weighted by molar-refractivity contribution is 0.445. The molecular formula is C38H50O3. The van der Waals surface area contributed by atoms with Crippen molar-refractivity contribution in [3.8, 4) is 17.2 Å². The van der Waals surface area contributed by atoms with Crippen LogP contribution in [0.1, 0.15) is 138 Å². The summed E-state index contributed by atoms with van der Waals surface area (Å²) in [5, 5.41) is 34.5. The van der Waals surface area contributed by atoms with Gasteiger partial charge in [-0.25, -0.2) is 0 Å². The number of rotatable bonds is 6. The summed E-state index contributed by atoms with van der Waals surface area (Å²) in [5.41, 5.74) is 7.14. The second-order valence-electron chi connectivity index (χ2n) is 14.6. The predicted octanol–water partition coefficient (Wildman–Crippen LogP) is 10.3. The molecule has 220 valence electrons. The van der Waals surface area contributed by atoms with Gasteiger partial charge in [0.1, 0.15) is 17.2 Å². The van der Waals surface area contributed by atoms with E-state index in [1.165, 1.54) is 0 Å². The number of phenolic OH excluding ortho intramolecular Hbond substituents is 3. The van der Waals surface area contributed by atoms with Crippen molar-refractivity contribution in [3.63, 3.8) is 0 Å². The van der Waals surface area contributed by atoms with Gasteiger partial charge in [0.15, 0.2) is 0 Å². The molecule has 0 heterocycles. The first kappa shape index (κ1) is 32.1. The van der Waals surface area contributed by atoms with Gasteiger partial charge in [0, 0.05) is 45.2 Å². The highest BCUT2D eigenvalue weighted by atomic mass is 16.3. The second kappa shape index (κ2) is 11.1. The minimum absolute atomic E-state index is 0.132. The summed E-state index contributed by atoms with van der Waals surface area (Å²) in [7, 11) is 0. The molecule has 3 N–H and O–H groups in total. The molecule has 0 aromatic heterocycles. The number of hydrogen-bond donors (Lipinski definition) is 3. The van der Waals surface area contributed by atoms with Gasteiger partial charge in [0.25, 0.3) is 0 Å². The van der Waals surface area contributed by atoms with Crippen LogP contribution in [0.3, 0.4) is 0 Å². The van der Waals surface area contributed by atoms with Crippen molar-refractivity contribution in [2.24, 2.45) is 0 Å². The Kier molecular flexibility index (Phi) is 8.66. The lowest BCUT2D eigenvalue weighted by atomic mass is 9.76. The van der Waals surface area contributed by atoms with Crippen molar-refractivity contribution in [2.75, 3.05) is 0 Å². The Morgan fingerprint density at radius 3 is 0.976 bits per heavy atom. The van der Waals surface area contributed by atoms with Gasteiger partial charge in [-0.1, -0.05) is 126 Å². The fraction of sp³-hybridized carbons (Fsp3) is 0.421. The zero-order valence-electron chi connectivity index (χ0n) is 27.0. The molecule has 0 fully saturated rings. The molecule has 0 aliphatic carbocycles. The molecule has 3 heteroatoms. The molecule has 0 radical (unpaired) electrons. The average molecular weight is 555 g/mol. The summed E-state index contributed by atoms with van der Waals surface area (Å²) >= 11 is 0. The van der Waals surface area contributed by atoms with Gasteiger partial charge in [-0.05, 0) is 45.1 Å². The maximum Gasteiger partial charge on any atom is 0.126 e. The molecule has 3 rings (SSSR count). The van der Waals surface area contributed by atoms with Gasteiger partial charge < -0.3 is 15.3 Å². The smallest absolute Gasteiger partial charge is 0.126 e. The number of aromatic hydroxyl groups is 3. The summed E-state index contributed by atoms with van der Waals surface area (Å²) in [6.45, 7) is 31.3. The molecule has 3 aromatic carbocycles. The highest BCUT2D eigenvalue weighted by Crippen LogP contribution is 2.47. The third-order valence-corrected chi connectivity index (χ3v) is 8.41. The minimum atomic E-state index is -0.303. The Bertz CT molecular complexity index is 1370. The van der Waals surface area contributed by atoms with Crippen molar-refractivity contribution in [3.05, 3.63) is 99.6 Å². The topological polar surface area (TPSA) is 60.7 Å². The quantitative estimate of drug-likeness (QED) is 0.284. The number of hydrogen-bond acceptors (Lipinski definition) is 3. The van der Waals surface area contributed by atoms with Crippen molar-refractivity contribution in [2.45, 2.75) is 104 Å². The van der Waals surface area contributed by atoms with Crippen LogP contribution < -0.4 is 0 Å². The lowest BCUT2D eigenvalue weighted by Gasteiger charge is -2.29. The number of phenols is 3. The van der Waals surface area contributed by atoms with E-state index in [0.29, 0.717) is 11.1 Å². The normalized spacial score (nSPS) is 14.0. The van der Waals surface area contributed by atoms with E-state index in [2.05, 4.69) is 87.6 Å². The molecule has 0 bridgehead atoms. The SMILES string of the molecule is C=Cc1cc(C(C)(C)C)cc(C(C)c2cc(C(C)(C)C)cc(C(C)c3cc(C(C)(C)C)cc(C=C)c3O)c2O)c1O. The fourth-order valence-corrected chi connectivity index (χ4v) is 5.31. The van der Waals surface area contributed by atoms with Crippen molar-refractivity contribution in [1.29, 1.82) is 0 Å². The molecule has 0 amide bonds.